The lowest BCUT2D eigenvalue weighted by Crippen LogP contribution is -2.11. The summed E-state index contributed by atoms with van der Waals surface area (Å²) in [7, 11) is 0. The Labute approximate surface area is 209 Å². The van der Waals surface area contributed by atoms with Gasteiger partial charge in [0.15, 0.2) is 69.8 Å². The molecule has 0 atom stereocenters. The van der Waals surface area contributed by atoms with Crippen LogP contribution in [0.25, 0.3) is 11.1 Å². The smallest absolute Gasteiger partial charge is 0.170 e. The zero-order valence-corrected chi connectivity index (χ0v) is 20.4. The van der Waals surface area contributed by atoms with Gasteiger partial charge in [-0.1, -0.05) is 27.7 Å². The third kappa shape index (κ3) is 5.09. The van der Waals surface area contributed by atoms with Crippen molar-refractivity contribution < 1.29 is 52.7 Å². The SMILES string of the molecule is CCc1c(F)c(F)c(-c2c(F)c(F)c(CC)c(F)c2F)c(F)c1F.CCc1c(F)c(F)c(CC)c(F)c1F. The lowest BCUT2D eigenvalue weighted by Gasteiger charge is -2.15. The molecule has 3 rings (SSSR count). The van der Waals surface area contributed by atoms with Crippen molar-refractivity contribution in [3.05, 3.63) is 92.1 Å². The first-order chi connectivity index (χ1) is 17.7. The van der Waals surface area contributed by atoms with E-state index in [4.69, 9.17) is 0 Å². The molecule has 0 aliphatic heterocycles. The van der Waals surface area contributed by atoms with Crippen molar-refractivity contribution in [2.24, 2.45) is 0 Å². The van der Waals surface area contributed by atoms with E-state index in [1.54, 1.807) is 0 Å². The van der Waals surface area contributed by atoms with Crippen LogP contribution in [0.3, 0.4) is 0 Å². The second-order valence-electron chi connectivity index (χ2n) is 7.85. The molecule has 0 spiro atoms. The fraction of sp³-hybridized carbons (Fsp3) is 0.308. The maximum absolute atomic E-state index is 14.0. The zero-order valence-electron chi connectivity index (χ0n) is 20.4. The van der Waals surface area contributed by atoms with E-state index in [0.29, 0.717) is 0 Å². The van der Waals surface area contributed by atoms with Crippen LogP contribution in [0, 0.1) is 69.8 Å². The molecule has 0 fully saturated rings. The molecular weight excluding hydrogens is 540 g/mol. The summed E-state index contributed by atoms with van der Waals surface area (Å²) < 4.78 is 164. The van der Waals surface area contributed by atoms with E-state index in [1.165, 1.54) is 27.7 Å². The molecule has 0 saturated heterocycles. The molecule has 0 aromatic heterocycles. The number of benzene rings is 3. The third-order valence-electron chi connectivity index (χ3n) is 5.82. The Morgan fingerprint density at radius 3 is 0.526 bits per heavy atom. The molecule has 0 radical (unpaired) electrons. The summed E-state index contributed by atoms with van der Waals surface area (Å²) in [6.45, 7) is 5.26. The van der Waals surface area contributed by atoms with Crippen molar-refractivity contribution in [3.8, 4) is 11.1 Å². The predicted octanol–water partition coefficient (Wildman–Crippen LogP) is 8.96. The van der Waals surface area contributed by atoms with E-state index in [9.17, 15) is 52.7 Å². The van der Waals surface area contributed by atoms with Crippen LogP contribution in [0.15, 0.2) is 0 Å². The van der Waals surface area contributed by atoms with Gasteiger partial charge in [0.2, 0.25) is 0 Å². The minimum Gasteiger partial charge on any atom is -0.203 e. The maximum Gasteiger partial charge on any atom is 0.170 e. The molecule has 0 heterocycles. The minimum absolute atomic E-state index is 0.0739. The molecule has 0 aliphatic rings. The molecule has 38 heavy (non-hydrogen) atoms. The van der Waals surface area contributed by atoms with Gasteiger partial charge in [-0.05, 0) is 25.7 Å². The van der Waals surface area contributed by atoms with E-state index < -0.39 is 116 Å². The predicted molar refractivity (Wildman–Crippen MR) is 115 cm³/mol. The Hall–Kier alpha value is -3.18. The number of hydrogen-bond donors (Lipinski definition) is 0. The summed E-state index contributed by atoms with van der Waals surface area (Å²) in [4.78, 5) is 0. The van der Waals surface area contributed by atoms with Crippen LogP contribution in [-0.4, -0.2) is 0 Å². The lowest BCUT2D eigenvalue weighted by molar-refractivity contribution is 0.428. The van der Waals surface area contributed by atoms with Crippen molar-refractivity contribution in [2.75, 3.05) is 0 Å². The molecule has 0 unspecified atom stereocenters. The Morgan fingerprint density at radius 1 is 0.263 bits per heavy atom. The Balaban J connectivity index is 0.000000308. The third-order valence-corrected chi connectivity index (χ3v) is 5.82. The highest BCUT2D eigenvalue weighted by Gasteiger charge is 2.33. The van der Waals surface area contributed by atoms with Crippen LogP contribution in [0.1, 0.15) is 49.9 Å². The Kier molecular flexibility index (Phi) is 9.90. The average molecular weight is 560 g/mol. The van der Waals surface area contributed by atoms with Crippen molar-refractivity contribution in [2.45, 2.75) is 53.4 Å². The Morgan fingerprint density at radius 2 is 0.395 bits per heavy atom. The van der Waals surface area contributed by atoms with Gasteiger partial charge < -0.3 is 0 Å². The topological polar surface area (TPSA) is 0 Å². The van der Waals surface area contributed by atoms with Gasteiger partial charge >= 0.3 is 0 Å². The molecule has 0 nitrogen and oxygen atoms in total. The second-order valence-corrected chi connectivity index (χ2v) is 7.85. The fourth-order valence-corrected chi connectivity index (χ4v) is 3.76. The summed E-state index contributed by atoms with van der Waals surface area (Å²) in [6.07, 6.45) is -1.05. The number of rotatable bonds is 5. The van der Waals surface area contributed by atoms with Crippen LogP contribution in [0.4, 0.5) is 52.7 Å². The summed E-state index contributed by atoms with van der Waals surface area (Å²) >= 11 is 0. The van der Waals surface area contributed by atoms with Gasteiger partial charge in [-0.15, -0.1) is 0 Å². The summed E-state index contributed by atoms with van der Waals surface area (Å²) in [5, 5.41) is 0. The van der Waals surface area contributed by atoms with Gasteiger partial charge in [-0.3, -0.25) is 0 Å². The van der Waals surface area contributed by atoms with Crippen LogP contribution >= 0.6 is 0 Å². The van der Waals surface area contributed by atoms with Crippen LogP contribution < -0.4 is 0 Å². The summed E-state index contributed by atoms with van der Waals surface area (Å²) in [5.41, 5.74) is -6.70. The molecule has 0 amide bonds. The first-order valence-electron chi connectivity index (χ1n) is 11.3. The van der Waals surface area contributed by atoms with Crippen molar-refractivity contribution in [3.63, 3.8) is 0 Å². The van der Waals surface area contributed by atoms with Crippen LogP contribution in [0.2, 0.25) is 0 Å². The normalized spacial score (nSPS) is 11.1. The zero-order chi connectivity index (χ0) is 29.2. The number of halogens is 12. The van der Waals surface area contributed by atoms with Crippen molar-refractivity contribution >= 4 is 0 Å². The minimum atomic E-state index is -2.13. The molecule has 3 aromatic rings. The highest BCUT2D eigenvalue weighted by Crippen LogP contribution is 2.38. The first-order valence-corrected chi connectivity index (χ1v) is 11.3. The van der Waals surface area contributed by atoms with E-state index in [0.717, 1.165) is 0 Å². The van der Waals surface area contributed by atoms with E-state index in [-0.39, 0.29) is 12.8 Å². The largest absolute Gasteiger partial charge is 0.203 e. The molecular formula is C26H20F12. The van der Waals surface area contributed by atoms with E-state index in [2.05, 4.69) is 0 Å². The van der Waals surface area contributed by atoms with Gasteiger partial charge in [0.1, 0.15) is 0 Å². The highest BCUT2D eigenvalue weighted by atomic mass is 19.2. The van der Waals surface area contributed by atoms with Crippen LogP contribution in [0.5, 0.6) is 0 Å². The van der Waals surface area contributed by atoms with Gasteiger partial charge in [-0.25, -0.2) is 52.7 Å². The number of hydrogen-bond acceptors (Lipinski definition) is 0. The maximum atomic E-state index is 14.0. The monoisotopic (exact) mass is 560 g/mol. The molecule has 0 saturated carbocycles. The molecule has 0 bridgehead atoms. The van der Waals surface area contributed by atoms with Gasteiger partial charge in [0.25, 0.3) is 0 Å². The molecule has 0 N–H and O–H groups in total. The molecule has 208 valence electrons. The van der Waals surface area contributed by atoms with Gasteiger partial charge in [0, 0.05) is 22.3 Å². The fourth-order valence-electron chi connectivity index (χ4n) is 3.76. The van der Waals surface area contributed by atoms with Crippen LogP contribution in [-0.2, 0) is 25.7 Å². The first kappa shape index (κ1) is 31.0. The molecule has 12 heteroatoms. The Bertz CT molecular complexity index is 1190. The molecule has 3 aromatic carbocycles. The standard InChI is InChI=1S/C16H10F8.C10H10F4/c1-3-5-9(17)13(21)7(14(22)10(5)18)8-15(23)11(19)6(4-2)12(20)16(8)24;1-3-5-7(11)9(13)6(4-2)10(14)8(5)12/h3-4H2,1-2H3;3-4H2,1-2H3. The van der Waals surface area contributed by atoms with Crippen molar-refractivity contribution in [1.29, 1.82) is 0 Å². The van der Waals surface area contributed by atoms with Gasteiger partial charge in [-0.2, -0.15) is 0 Å². The van der Waals surface area contributed by atoms with E-state index >= 15 is 0 Å². The summed E-state index contributed by atoms with van der Waals surface area (Å²) in [6, 6.07) is 0. The average Bonchev–Trinajstić information content (AvgIpc) is 2.89. The van der Waals surface area contributed by atoms with E-state index in [1.807, 2.05) is 0 Å². The second kappa shape index (κ2) is 12.1. The van der Waals surface area contributed by atoms with Crippen molar-refractivity contribution in [1.82, 2.24) is 0 Å². The quantitative estimate of drug-likeness (QED) is 0.216. The summed E-state index contributed by atoms with van der Waals surface area (Å²) in [5.74, 6) is -21.2. The molecule has 0 aliphatic carbocycles. The van der Waals surface area contributed by atoms with Gasteiger partial charge in [0.05, 0.1) is 11.1 Å². The lowest BCUT2D eigenvalue weighted by atomic mass is 9.96. The highest BCUT2D eigenvalue weighted by molar-refractivity contribution is 5.68.